The Bertz CT molecular complexity index is 929. The number of carbonyl (C=O) groups excluding carboxylic acids is 2. The van der Waals surface area contributed by atoms with Gasteiger partial charge in [-0.15, -0.1) is 0 Å². The van der Waals surface area contributed by atoms with Crippen LogP contribution in [0.3, 0.4) is 0 Å². The van der Waals surface area contributed by atoms with Crippen molar-refractivity contribution in [3.63, 3.8) is 0 Å². The van der Waals surface area contributed by atoms with Crippen molar-refractivity contribution in [2.75, 3.05) is 6.54 Å². The highest BCUT2D eigenvalue weighted by molar-refractivity contribution is 6.35. The van der Waals surface area contributed by atoms with E-state index in [4.69, 9.17) is 23.2 Å². The number of hydrogen-bond acceptors (Lipinski definition) is 4. The van der Waals surface area contributed by atoms with Crippen LogP contribution in [0.4, 0.5) is 13.2 Å². The number of alkyl halides is 3. The maximum Gasteiger partial charge on any atom is 0.471 e. The lowest BCUT2D eigenvalue weighted by Crippen LogP contribution is -2.39. The van der Waals surface area contributed by atoms with Crippen molar-refractivity contribution in [2.24, 2.45) is 0 Å². The third-order valence-corrected chi connectivity index (χ3v) is 5.55. The molecule has 1 N–H and O–H groups in total. The molecular formula is C19H16Cl2F3N3O2. The summed E-state index contributed by atoms with van der Waals surface area (Å²) < 4.78 is 36.5. The molecule has 1 fully saturated rings. The lowest BCUT2D eigenvalue weighted by atomic mass is 9.62. The second kappa shape index (κ2) is 8.28. The molecule has 1 heterocycles. The molecule has 1 aliphatic carbocycles. The molecule has 1 saturated carbocycles. The number of amides is 1. The predicted octanol–water partition coefficient (Wildman–Crippen LogP) is 4.31. The molecule has 5 nitrogen and oxygen atoms in total. The smallest absolute Gasteiger partial charge is 0.341 e. The Hall–Kier alpha value is -2.19. The number of rotatable bonds is 6. The molecule has 3 rings (SSSR count). The van der Waals surface area contributed by atoms with Gasteiger partial charge in [-0.3, -0.25) is 9.59 Å². The highest BCUT2D eigenvalue weighted by Gasteiger charge is 2.41. The van der Waals surface area contributed by atoms with E-state index in [2.05, 4.69) is 9.97 Å². The van der Waals surface area contributed by atoms with Crippen molar-refractivity contribution in [3.8, 4) is 0 Å². The number of nitrogens with zero attached hydrogens (tertiary/aromatic N) is 2. The number of halogens is 5. The van der Waals surface area contributed by atoms with Crippen LogP contribution in [0.2, 0.25) is 10.0 Å². The fourth-order valence-electron chi connectivity index (χ4n) is 3.32. The van der Waals surface area contributed by atoms with E-state index in [1.807, 2.05) is 6.07 Å². The average Bonchev–Trinajstić information content (AvgIpc) is 2.62. The Labute approximate surface area is 174 Å². The molecular weight excluding hydrogens is 430 g/mol. The van der Waals surface area contributed by atoms with E-state index < -0.39 is 24.4 Å². The molecule has 1 aromatic carbocycles. The summed E-state index contributed by atoms with van der Waals surface area (Å²) in [5.74, 6) is -2.39. The first kappa shape index (κ1) is 21.5. The van der Waals surface area contributed by atoms with Crippen molar-refractivity contribution < 1.29 is 22.8 Å². The van der Waals surface area contributed by atoms with Crippen molar-refractivity contribution in [1.82, 2.24) is 15.3 Å². The van der Waals surface area contributed by atoms with Gasteiger partial charge in [0.05, 0.1) is 12.1 Å². The van der Waals surface area contributed by atoms with Crippen molar-refractivity contribution in [2.45, 2.75) is 37.3 Å². The Morgan fingerprint density at radius 2 is 1.79 bits per heavy atom. The summed E-state index contributed by atoms with van der Waals surface area (Å²) >= 11 is 12.3. The van der Waals surface area contributed by atoms with E-state index in [0.29, 0.717) is 22.3 Å². The molecule has 0 radical (unpaired) electrons. The van der Waals surface area contributed by atoms with Crippen LogP contribution in [0.15, 0.2) is 30.6 Å². The lowest BCUT2D eigenvalue weighted by Gasteiger charge is -2.42. The fraction of sp³-hybridized carbons (Fsp3) is 0.368. The number of benzene rings is 1. The zero-order valence-corrected chi connectivity index (χ0v) is 16.5. The van der Waals surface area contributed by atoms with Gasteiger partial charge in [-0.2, -0.15) is 13.2 Å². The molecule has 1 amide bonds. The quantitative estimate of drug-likeness (QED) is 0.672. The van der Waals surface area contributed by atoms with E-state index in [9.17, 15) is 22.8 Å². The summed E-state index contributed by atoms with van der Waals surface area (Å²) in [7, 11) is 0. The molecule has 1 aliphatic rings. The summed E-state index contributed by atoms with van der Waals surface area (Å²) in [5.41, 5.74) is 0.769. The highest BCUT2D eigenvalue weighted by atomic mass is 35.5. The number of Topliss-reactive ketones (excluding diaryl/α,β-unsaturated/α-hetero) is 1. The van der Waals surface area contributed by atoms with Crippen LogP contribution in [0.25, 0.3) is 0 Å². The number of aromatic nitrogens is 2. The molecule has 0 aliphatic heterocycles. The van der Waals surface area contributed by atoms with Crippen LogP contribution >= 0.6 is 23.2 Å². The van der Waals surface area contributed by atoms with Crippen molar-refractivity contribution in [1.29, 1.82) is 0 Å². The largest absolute Gasteiger partial charge is 0.471 e. The van der Waals surface area contributed by atoms with E-state index >= 15 is 0 Å². The molecule has 10 heteroatoms. The van der Waals surface area contributed by atoms with Crippen LogP contribution in [0.5, 0.6) is 0 Å². The summed E-state index contributed by atoms with van der Waals surface area (Å²) in [6.45, 7) is -0.786. The summed E-state index contributed by atoms with van der Waals surface area (Å²) in [6, 6.07) is 5.36. The molecule has 0 bridgehead atoms. The van der Waals surface area contributed by atoms with Gasteiger partial charge in [0.1, 0.15) is 5.82 Å². The molecule has 2 aromatic rings. The molecule has 154 valence electrons. The Morgan fingerprint density at radius 1 is 1.14 bits per heavy atom. The normalized spacial score (nSPS) is 15.5. The summed E-state index contributed by atoms with van der Waals surface area (Å²) in [5, 5.41) is 2.65. The molecule has 0 saturated heterocycles. The number of hydrogen-bond donors (Lipinski definition) is 1. The molecule has 1 aromatic heterocycles. The first-order chi connectivity index (χ1) is 13.6. The summed E-state index contributed by atoms with van der Waals surface area (Å²) in [6.07, 6.45) is 0.812. The van der Waals surface area contributed by atoms with Crippen LogP contribution in [-0.4, -0.2) is 34.4 Å². The average molecular weight is 446 g/mol. The maximum atomic E-state index is 12.2. The van der Waals surface area contributed by atoms with Crippen LogP contribution in [0, 0.1) is 0 Å². The number of nitrogens with one attached hydrogen (secondary N) is 1. The lowest BCUT2D eigenvalue weighted by molar-refractivity contribution is -0.173. The second-order valence-electron chi connectivity index (χ2n) is 6.93. The highest BCUT2D eigenvalue weighted by Crippen LogP contribution is 2.48. The number of carbonyl (C=O) groups is 2. The third-order valence-electron chi connectivity index (χ3n) is 5.00. The van der Waals surface area contributed by atoms with Crippen LogP contribution < -0.4 is 5.32 Å². The van der Waals surface area contributed by atoms with Crippen LogP contribution in [-0.2, 0) is 16.6 Å². The monoisotopic (exact) mass is 445 g/mol. The van der Waals surface area contributed by atoms with Crippen molar-refractivity contribution >= 4 is 34.9 Å². The molecule has 0 spiro atoms. The van der Waals surface area contributed by atoms with Gasteiger partial charge in [0.25, 0.3) is 0 Å². The van der Waals surface area contributed by atoms with Gasteiger partial charge in [0.2, 0.25) is 0 Å². The van der Waals surface area contributed by atoms with E-state index in [0.717, 1.165) is 24.8 Å². The van der Waals surface area contributed by atoms with Gasteiger partial charge in [0.15, 0.2) is 5.78 Å². The topological polar surface area (TPSA) is 72.0 Å². The van der Waals surface area contributed by atoms with E-state index in [1.54, 1.807) is 12.1 Å². The fourth-order valence-corrected chi connectivity index (χ4v) is 3.93. The van der Waals surface area contributed by atoms with Crippen molar-refractivity contribution in [3.05, 3.63) is 57.6 Å². The number of ketones is 1. The van der Waals surface area contributed by atoms with Gasteiger partial charge < -0.3 is 5.32 Å². The maximum absolute atomic E-state index is 12.2. The summed E-state index contributed by atoms with van der Waals surface area (Å²) in [4.78, 5) is 31.1. The predicted molar refractivity (Wildman–Crippen MR) is 101 cm³/mol. The SMILES string of the molecule is O=C(CNC(=O)C(F)(F)F)c1cnc(CC2(c3ccc(Cl)cc3Cl)CCC2)nc1. The zero-order chi connectivity index (χ0) is 21.2. The molecule has 0 atom stereocenters. The minimum atomic E-state index is -5.04. The van der Waals surface area contributed by atoms with Crippen LogP contribution in [0.1, 0.15) is 41.0 Å². The van der Waals surface area contributed by atoms with Gasteiger partial charge in [-0.25, -0.2) is 9.97 Å². The standard InChI is InChI=1S/C19H16Cl2F3N3O2/c20-12-2-3-13(14(21)6-12)18(4-1-5-18)7-16-25-8-11(9-26-16)15(28)10-27-17(29)19(22,23)24/h2-3,6,8-9H,1,4-5,7,10H2,(H,27,29). The Balaban J connectivity index is 1.68. The van der Waals surface area contributed by atoms with Gasteiger partial charge in [-0.05, 0) is 30.5 Å². The van der Waals surface area contributed by atoms with Gasteiger partial charge in [0, 0.05) is 34.3 Å². The first-order valence-corrected chi connectivity index (χ1v) is 9.51. The van der Waals surface area contributed by atoms with Gasteiger partial charge in [-0.1, -0.05) is 35.7 Å². The molecule has 0 unspecified atom stereocenters. The molecule has 29 heavy (non-hydrogen) atoms. The van der Waals surface area contributed by atoms with E-state index in [1.165, 1.54) is 17.7 Å². The zero-order valence-electron chi connectivity index (χ0n) is 15.0. The van der Waals surface area contributed by atoms with E-state index in [-0.39, 0.29) is 11.0 Å². The third kappa shape index (κ3) is 4.87. The minimum Gasteiger partial charge on any atom is -0.341 e. The first-order valence-electron chi connectivity index (χ1n) is 8.75. The minimum absolute atomic E-state index is 0.0170. The van der Waals surface area contributed by atoms with Gasteiger partial charge >= 0.3 is 12.1 Å². The Morgan fingerprint density at radius 3 is 2.31 bits per heavy atom. The second-order valence-corrected chi connectivity index (χ2v) is 7.77. The Kier molecular flexibility index (Phi) is 6.14.